The van der Waals surface area contributed by atoms with Crippen molar-refractivity contribution in [3.8, 4) is 0 Å². The first-order valence-electron chi connectivity index (χ1n) is 8.05. The van der Waals surface area contributed by atoms with Gasteiger partial charge in [0.05, 0.1) is 11.6 Å². The quantitative estimate of drug-likeness (QED) is 0.809. The predicted octanol–water partition coefficient (Wildman–Crippen LogP) is 2.94. The summed E-state index contributed by atoms with van der Waals surface area (Å²) < 4.78 is 39.3. The molecule has 1 heterocycles. The molecule has 5 nitrogen and oxygen atoms in total. The normalized spacial score (nSPS) is 12.9. The maximum atomic E-state index is 12.9. The second-order valence-corrected chi connectivity index (χ2v) is 6.61. The van der Waals surface area contributed by atoms with Crippen LogP contribution in [0.4, 0.5) is 13.2 Å². The third-order valence-electron chi connectivity index (χ3n) is 3.98. The Kier molecular flexibility index (Phi) is 6.67. The summed E-state index contributed by atoms with van der Waals surface area (Å²) in [5.41, 5.74) is -0.968. The fourth-order valence-electron chi connectivity index (χ4n) is 2.57. The number of alkyl halides is 3. The summed E-state index contributed by atoms with van der Waals surface area (Å²) in [7, 11) is 3.70. The van der Waals surface area contributed by atoms with E-state index in [9.17, 15) is 22.8 Å². The number of aromatic nitrogens is 1. The predicted molar refractivity (Wildman–Crippen MR) is 96.6 cm³/mol. The number of benzene rings is 1. The minimum atomic E-state index is -4.67. The van der Waals surface area contributed by atoms with Crippen LogP contribution in [0.5, 0.6) is 0 Å². The maximum Gasteiger partial charge on any atom is 0.417 e. The Hall–Kier alpha value is -2.32. The van der Waals surface area contributed by atoms with Crippen LogP contribution in [0.15, 0.2) is 47.4 Å². The zero-order valence-electron chi connectivity index (χ0n) is 14.8. The Morgan fingerprint density at radius 3 is 2.44 bits per heavy atom. The summed E-state index contributed by atoms with van der Waals surface area (Å²) in [5, 5.41) is 2.06. The largest absolute Gasteiger partial charge is 0.417 e. The van der Waals surface area contributed by atoms with Crippen LogP contribution in [0.25, 0.3) is 0 Å². The Morgan fingerprint density at radius 2 is 1.89 bits per heavy atom. The van der Waals surface area contributed by atoms with Crippen molar-refractivity contribution in [2.75, 3.05) is 20.6 Å². The van der Waals surface area contributed by atoms with Gasteiger partial charge in [-0.3, -0.25) is 9.59 Å². The zero-order chi connectivity index (χ0) is 20.2. The second kappa shape index (κ2) is 8.58. The van der Waals surface area contributed by atoms with Crippen molar-refractivity contribution in [2.24, 2.45) is 0 Å². The first-order chi connectivity index (χ1) is 12.6. The van der Waals surface area contributed by atoms with Gasteiger partial charge in [0.25, 0.3) is 5.56 Å². The lowest BCUT2D eigenvalue weighted by molar-refractivity contribution is -0.138. The van der Waals surface area contributed by atoms with E-state index in [4.69, 9.17) is 11.6 Å². The highest BCUT2D eigenvalue weighted by molar-refractivity contribution is 6.30. The van der Waals surface area contributed by atoms with Crippen LogP contribution in [0.3, 0.4) is 0 Å². The summed E-state index contributed by atoms with van der Waals surface area (Å²) >= 11 is 5.59. The van der Waals surface area contributed by atoms with Gasteiger partial charge in [-0.05, 0) is 25.7 Å². The lowest BCUT2D eigenvalue weighted by Crippen LogP contribution is -2.38. The number of carbonyl (C=O) groups is 1. The van der Waals surface area contributed by atoms with Crippen molar-refractivity contribution in [2.45, 2.75) is 18.8 Å². The van der Waals surface area contributed by atoms with Crippen LogP contribution < -0.4 is 10.9 Å². The molecular weight excluding hydrogens is 383 g/mol. The SMILES string of the molecule is CN(C)[C@@H](CNC(=O)Cn1cc(C(F)(F)F)cc(Cl)c1=O)c1ccccc1. The molecule has 0 bridgehead atoms. The number of amides is 1. The zero-order valence-corrected chi connectivity index (χ0v) is 15.5. The van der Waals surface area contributed by atoms with Crippen molar-refractivity contribution in [3.63, 3.8) is 0 Å². The van der Waals surface area contributed by atoms with E-state index < -0.39 is 34.8 Å². The summed E-state index contributed by atoms with van der Waals surface area (Å²) in [6.07, 6.45) is -4.08. The number of hydrogen-bond acceptors (Lipinski definition) is 3. The molecule has 1 amide bonds. The number of hydrogen-bond donors (Lipinski definition) is 1. The molecule has 0 aliphatic heterocycles. The van der Waals surface area contributed by atoms with Gasteiger partial charge in [-0.2, -0.15) is 13.2 Å². The molecule has 9 heteroatoms. The summed E-state index contributed by atoms with van der Waals surface area (Å²) in [6.45, 7) is -0.325. The van der Waals surface area contributed by atoms with Crippen molar-refractivity contribution >= 4 is 17.5 Å². The number of nitrogens with one attached hydrogen (secondary N) is 1. The maximum absolute atomic E-state index is 12.9. The molecule has 0 aliphatic rings. The van der Waals surface area contributed by atoms with E-state index in [1.165, 1.54) is 0 Å². The highest BCUT2D eigenvalue weighted by Gasteiger charge is 2.32. The fourth-order valence-corrected chi connectivity index (χ4v) is 2.79. The number of nitrogens with zero attached hydrogens (tertiary/aromatic N) is 2. The second-order valence-electron chi connectivity index (χ2n) is 6.20. The molecule has 1 aromatic heterocycles. The van der Waals surface area contributed by atoms with E-state index in [1.54, 1.807) is 0 Å². The molecule has 27 heavy (non-hydrogen) atoms. The molecule has 1 atom stereocenters. The molecule has 0 saturated carbocycles. The Balaban J connectivity index is 2.11. The third-order valence-corrected chi connectivity index (χ3v) is 4.25. The topological polar surface area (TPSA) is 54.3 Å². The molecule has 0 unspecified atom stereocenters. The van der Waals surface area contributed by atoms with Crippen LogP contribution in [-0.2, 0) is 17.5 Å². The highest BCUT2D eigenvalue weighted by atomic mass is 35.5. The summed E-state index contributed by atoms with van der Waals surface area (Å²) in [6, 6.07) is 9.86. The molecule has 0 aliphatic carbocycles. The molecule has 2 aromatic rings. The number of halogens is 4. The minimum absolute atomic E-state index is 0.128. The van der Waals surface area contributed by atoms with Gasteiger partial charge in [0.2, 0.25) is 5.91 Å². The van der Waals surface area contributed by atoms with Crippen molar-refractivity contribution in [1.29, 1.82) is 0 Å². The van der Waals surface area contributed by atoms with Crippen molar-refractivity contribution in [1.82, 2.24) is 14.8 Å². The number of carbonyl (C=O) groups excluding carboxylic acids is 1. The lowest BCUT2D eigenvalue weighted by Gasteiger charge is -2.25. The van der Waals surface area contributed by atoms with Crippen LogP contribution in [-0.4, -0.2) is 36.0 Å². The lowest BCUT2D eigenvalue weighted by atomic mass is 10.1. The minimum Gasteiger partial charge on any atom is -0.353 e. The van der Waals surface area contributed by atoms with Crippen LogP contribution in [0, 0.1) is 0 Å². The number of pyridine rings is 1. The number of likely N-dealkylation sites (N-methyl/N-ethyl adjacent to an activating group) is 1. The highest BCUT2D eigenvalue weighted by Crippen LogP contribution is 2.29. The molecule has 0 fully saturated rings. The average molecular weight is 402 g/mol. The van der Waals surface area contributed by atoms with E-state index in [2.05, 4.69) is 5.32 Å². The van der Waals surface area contributed by atoms with Gasteiger partial charge in [0.15, 0.2) is 0 Å². The fraction of sp³-hybridized carbons (Fsp3) is 0.333. The van der Waals surface area contributed by atoms with E-state index in [1.807, 2.05) is 49.3 Å². The Bertz CT molecular complexity index is 851. The molecule has 2 rings (SSSR count). The van der Waals surface area contributed by atoms with Crippen molar-refractivity contribution in [3.05, 3.63) is 69.1 Å². The van der Waals surface area contributed by atoms with Gasteiger partial charge in [-0.15, -0.1) is 0 Å². The smallest absolute Gasteiger partial charge is 0.353 e. The first kappa shape index (κ1) is 21.0. The molecule has 1 aromatic carbocycles. The van der Waals surface area contributed by atoms with E-state index in [0.29, 0.717) is 16.8 Å². The average Bonchev–Trinajstić information content (AvgIpc) is 2.58. The van der Waals surface area contributed by atoms with Crippen LogP contribution in [0.1, 0.15) is 17.2 Å². The first-order valence-corrected chi connectivity index (χ1v) is 8.42. The van der Waals surface area contributed by atoms with Gasteiger partial charge in [-0.1, -0.05) is 41.9 Å². The van der Waals surface area contributed by atoms with E-state index >= 15 is 0 Å². The molecule has 0 spiro atoms. The molecule has 146 valence electrons. The number of rotatable bonds is 6. The molecular formula is C18H19ClF3N3O2. The van der Waals surface area contributed by atoms with Crippen LogP contribution in [0.2, 0.25) is 5.02 Å². The molecule has 1 N–H and O–H groups in total. The van der Waals surface area contributed by atoms with Gasteiger partial charge in [0.1, 0.15) is 11.6 Å². The van der Waals surface area contributed by atoms with E-state index in [0.717, 1.165) is 5.56 Å². The molecule has 0 radical (unpaired) electrons. The van der Waals surface area contributed by atoms with Crippen molar-refractivity contribution < 1.29 is 18.0 Å². The van der Waals surface area contributed by atoms with Gasteiger partial charge >= 0.3 is 6.18 Å². The Morgan fingerprint density at radius 1 is 1.26 bits per heavy atom. The van der Waals surface area contributed by atoms with Crippen LogP contribution >= 0.6 is 11.6 Å². The summed E-state index contributed by atoms with van der Waals surface area (Å²) in [4.78, 5) is 26.0. The molecule has 0 saturated heterocycles. The standard InChI is InChI=1S/C18H19ClF3N3O2/c1-24(2)15(12-6-4-3-5-7-12)9-23-16(26)11-25-10-13(18(20,21)22)8-14(19)17(25)27/h3-8,10,15H,9,11H2,1-2H3,(H,23,26)/t15-/m0/s1. The monoisotopic (exact) mass is 401 g/mol. The third kappa shape index (κ3) is 5.58. The summed E-state index contributed by atoms with van der Waals surface area (Å²) in [5.74, 6) is -0.588. The van der Waals surface area contributed by atoms with Gasteiger partial charge < -0.3 is 14.8 Å². The Labute approximate surface area is 159 Å². The van der Waals surface area contributed by atoms with Gasteiger partial charge in [-0.25, -0.2) is 0 Å². The van der Waals surface area contributed by atoms with Gasteiger partial charge in [0, 0.05) is 12.7 Å². The van der Waals surface area contributed by atoms with E-state index in [-0.39, 0.29) is 12.6 Å².